The number of aromatic nitrogens is 2. The molecule has 0 saturated carbocycles. The fourth-order valence-corrected chi connectivity index (χ4v) is 2.37. The second-order valence-corrected chi connectivity index (χ2v) is 4.24. The van der Waals surface area contributed by atoms with Crippen LogP contribution in [0.5, 0.6) is 11.5 Å². The number of imidazole rings is 1. The Bertz CT molecular complexity index is 587. The van der Waals surface area contributed by atoms with Crippen LogP contribution in [0, 0.1) is 6.92 Å². The number of rotatable bonds is 1. The number of ether oxygens (including phenoxy) is 2. The van der Waals surface area contributed by atoms with Gasteiger partial charge in [0.2, 0.25) is 6.73 Å². The summed E-state index contributed by atoms with van der Waals surface area (Å²) >= 11 is 0. The number of hydrogen-bond donors (Lipinski definition) is 0. The highest BCUT2D eigenvalue weighted by Gasteiger charge is 2.29. The number of benzene rings is 1. The molecular weight excluding hydrogens is 216 g/mol. The summed E-state index contributed by atoms with van der Waals surface area (Å²) in [7, 11) is 3.73. The standard InChI is InChI=1S/C13H15N2O2/c1-9-10(16-3)4-5-11-12(9)13-14(2)6-7-15(13)8-17-11/h4-7H,8H2,1-3H3/q+1. The molecule has 0 fully saturated rings. The van der Waals surface area contributed by atoms with Gasteiger partial charge in [0.25, 0.3) is 5.82 Å². The van der Waals surface area contributed by atoms with Crippen molar-refractivity contribution >= 4 is 0 Å². The van der Waals surface area contributed by atoms with Crippen LogP contribution in [0.1, 0.15) is 5.56 Å². The van der Waals surface area contributed by atoms with E-state index < -0.39 is 0 Å². The van der Waals surface area contributed by atoms with Gasteiger partial charge in [-0.3, -0.25) is 0 Å². The fourth-order valence-electron chi connectivity index (χ4n) is 2.37. The molecule has 0 bridgehead atoms. The van der Waals surface area contributed by atoms with Crippen LogP contribution in [0.15, 0.2) is 24.5 Å². The third kappa shape index (κ3) is 1.33. The Morgan fingerprint density at radius 3 is 3.00 bits per heavy atom. The highest BCUT2D eigenvalue weighted by atomic mass is 16.5. The zero-order valence-electron chi connectivity index (χ0n) is 10.2. The lowest BCUT2D eigenvalue weighted by Gasteiger charge is -2.18. The summed E-state index contributed by atoms with van der Waals surface area (Å²) in [5.74, 6) is 2.97. The van der Waals surface area contributed by atoms with Gasteiger partial charge in [0.15, 0.2) is 0 Å². The van der Waals surface area contributed by atoms with Gasteiger partial charge in [0.1, 0.15) is 29.5 Å². The van der Waals surface area contributed by atoms with Crippen molar-refractivity contribution in [1.82, 2.24) is 4.57 Å². The van der Waals surface area contributed by atoms with Gasteiger partial charge in [-0.05, 0) is 19.1 Å². The van der Waals surface area contributed by atoms with Crippen LogP contribution in [0.3, 0.4) is 0 Å². The Labute approximate surface area is 100 Å². The van der Waals surface area contributed by atoms with Crippen molar-refractivity contribution in [3.05, 3.63) is 30.1 Å². The van der Waals surface area contributed by atoms with Gasteiger partial charge in [-0.15, -0.1) is 0 Å². The molecule has 88 valence electrons. The Morgan fingerprint density at radius 1 is 1.41 bits per heavy atom. The molecule has 4 heteroatoms. The molecule has 0 saturated heterocycles. The quantitative estimate of drug-likeness (QED) is 0.698. The second-order valence-electron chi connectivity index (χ2n) is 4.24. The largest absolute Gasteiger partial charge is 0.496 e. The van der Waals surface area contributed by atoms with Crippen molar-refractivity contribution < 1.29 is 14.0 Å². The molecule has 0 aliphatic carbocycles. The third-order valence-electron chi connectivity index (χ3n) is 3.26. The van der Waals surface area contributed by atoms with E-state index in [4.69, 9.17) is 9.47 Å². The lowest BCUT2D eigenvalue weighted by Crippen LogP contribution is -2.31. The predicted molar refractivity (Wildman–Crippen MR) is 63.0 cm³/mol. The molecule has 2 heterocycles. The Kier molecular flexibility index (Phi) is 2.11. The summed E-state index contributed by atoms with van der Waals surface area (Å²) in [6.45, 7) is 2.62. The molecule has 0 spiro atoms. The van der Waals surface area contributed by atoms with Crippen molar-refractivity contribution in [2.75, 3.05) is 7.11 Å². The van der Waals surface area contributed by atoms with E-state index in [9.17, 15) is 0 Å². The van der Waals surface area contributed by atoms with Gasteiger partial charge in [0, 0.05) is 5.56 Å². The minimum atomic E-state index is 0.564. The number of hydrogen-bond acceptors (Lipinski definition) is 2. The third-order valence-corrected chi connectivity index (χ3v) is 3.26. The van der Waals surface area contributed by atoms with E-state index in [1.54, 1.807) is 7.11 Å². The molecule has 0 N–H and O–H groups in total. The molecule has 2 aromatic rings. The van der Waals surface area contributed by atoms with Crippen LogP contribution in [-0.4, -0.2) is 11.7 Å². The van der Waals surface area contributed by atoms with Gasteiger partial charge in [-0.1, -0.05) is 0 Å². The summed E-state index contributed by atoms with van der Waals surface area (Å²) < 4.78 is 15.3. The van der Waals surface area contributed by atoms with Gasteiger partial charge >= 0.3 is 0 Å². The summed E-state index contributed by atoms with van der Waals surface area (Å²) in [6.07, 6.45) is 4.06. The number of aryl methyl sites for hydroxylation is 1. The topological polar surface area (TPSA) is 27.3 Å². The normalized spacial score (nSPS) is 12.6. The second kappa shape index (κ2) is 3.52. The van der Waals surface area contributed by atoms with Crippen molar-refractivity contribution in [2.24, 2.45) is 7.05 Å². The highest BCUT2D eigenvalue weighted by molar-refractivity contribution is 5.71. The minimum Gasteiger partial charge on any atom is -0.496 e. The zero-order valence-corrected chi connectivity index (χ0v) is 10.2. The first-order valence-electron chi connectivity index (χ1n) is 5.58. The van der Waals surface area contributed by atoms with Crippen molar-refractivity contribution in [3.8, 4) is 22.9 Å². The average Bonchev–Trinajstić information content (AvgIpc) is 2.72. The van der Waals surface area contributed by atoms with Gasteiger partial charge in [0.05, 0.1) is 14.2 Å². The van der Waals surface area contributed by atoms with E-state index in [2.05, 4.69) is 16.1 Å². The lowest BCUT2D eigenvalue weighted by atomic mass is 10.0. The van der Waals surface area contributed by atoms with Crippen molar-refractivity contribution in [2.45, 2.75) is 13.7 Å². The van der Waals surface area contributed by atoms with Crippen LogP contribution < -0.4 is 14.0 Å². The summed E-state index contributed by atoms with van der Waals surface area (Å²) in [6, 6.07) is 3.92. The monoisotopic (exact) mass is 231 g/mol. The first-order chi connectivity index (χ1) is 8.22. The minimum absolute atomic E-state index is 0.564. The van der Waals surface area contributed by atoms with Gasteiger partial charge in [-0.25, -0.2) is 4.57 Å². The fraction of sp³-hybridized carbons (Fsp3) is 0.308. The maximum Gasteiger partial charge on any atom is 0.295 e. The van der Waals surface area contributed by atoms with Crippen molar-refractivity contribution in [1.29, 1.82) is 0 Å². The molecule has 1 aromatic heterocycles. The van der Waals surface area contributed by atoms with E-state index in [1.165, 1.54) is 0 Å². The molecule has 0 radical (unpaired) electrons. The highest BCUT2D eigenvalue weighted by Crippen LogP contribution is 2.39. The first kappa shape index (κ1) is 10.2. The molecule has 17 heavy (non-hydrogen) atoms. The Balaban J connectivity index is 2.32. The maximum absolute atomic E-state index is 5.74. The summed E-state index contributed by atoms with van der Waals surface area (Å²) in [5.41, 5.74) is 2.23. The molecule has 1 aliphatic heterocycles. The zero-order chi connectivity index (χ0) is 12.0. The lowest BCUT2D eigenvalue weighted by molar-refractivity contribution is -0.660. The van der Waals surface area contributed by atoms with Gasteiger partial charge < -0.3 is 9.47 Å². The van der Waals surface area contributed by atoms with Crippen LogP contribution in [0.2, 0.25) is 0 Å². The maximum atomic E-state index is 5.74. The molecule has 4 nitrogen and oxygen atoms in total. The molecule has 3 rings (SSSR count). The summed E-state index contributed by atoms with van der Waals surface area (Å²) in [4.78, 5) is 0. The molecule has 1 aliphatic rings. The van der Waals surface area contributed by atoms with E-state index in [0.717, 1.165) is 28.5 Å². The van der Waals surface area contributed by atoms with Crippen molar-refractivity contribution in [3.63, 3.8) is 0 Å². The predicted octanol–water partition coefficient (Wildman–Crippen LogP) is 1.65. The van der Waals surface area contributed by atoms with Crippen LogP contribution >= 0.6 is 0 Å². The van der Waals surface area contributed by atoms with Crippen LogP contribution in [0.25, 0.3) is 11.4 Å². The van der Waals surface area contributed by atoms with Crippen LogP contribution in [-0.2, 0) is 13.8 Å². The van der Waals surface area contributed by atoms with Crippen LogP contribution in [0.4, 0.5) is 0 Å². The number of nitrogens with zero attached hydrogens (tertiary/aromatic N) is 2. The van der Waals surface area contributed by atoms with E-state index >= 15 is 0 Å². The molecular formula is C13H15N2O2+. The van der Waals surface area contributed by atoms with E-state index in [-0.39, 0.29) is 0 Å². The molecule has 0 amide bonds. The van der Waals surface area contributed by atoms with Gasteiger partial charge in [-0.2, -0.15) is 4.57 Å². The van der Waals surface area contributed by atoms with E-state index in [0.29, 0.717) is 6.73 Å². The molecule has 0 unspecified atom stereocenters. The SMILES string of the molecule is COc1ccc2c(c1C)-c1n(cc[n+]1C)CO2. The van der Waals surface area contributed by atoms with E-state index in [1.807, 2.05) is 31.6 Å². The first-order valence-corrected chi connectivity index (χ1v) is 5.58. The Morgan fingerprint density at radius 2 is 2.24 bits per heavy atom. The molecule has 0 atom stereocenters. The summed E-state index contributed by atoms with van der Waals surface area (Å²) in [5, 5.41) is 0. The Hall–Kier alpha value is -1.97. The number of fused-ring (bicyclic) bond motifs is 3. The molecule has 1 aromatic carbocycles. The number of methoxy groups -OCH3 is 1. The smallest absolute Gasteiger partial charge is 0.295 e. The average molecular weight is 231 g/mol.